The van der Waals surface area contributed by atoms with E-state index in [-0.39, 0.29) is 5.91 Å². The van der Waals surface area contributed by atoms with Crippen molar-refractivity contribution < 1.29 is 4.79 Å². The van der Waals surface area contributed by atoms with Gasteiger partial charge in [0, 0.05) is 15.8 Å². The third-order valence-corrected chi connectivity index (χ3v) is 3.45. The maximum Gasteiger partial charge on any atom is 0.228 e. The third kappa shape index (κ3) is 3.83. The zero-order chi connectivity index (χ0) is 13.8. The first-order valence-electron chi connectivity index (χ1n) is 5.95. The van der Waals surface area contributed by atoms with Crippen molar-refractivity contribution in [1.29, 1.82) is 0 Å². The number of halogens is 1. The molecule has 0 radical (unpaired) electrons. The van der Waals surface area contributed by atoms with Crippen molar-refractivity contribution in [1.82, 2.24) is 0 Å². The normalized spacial score (nSPS) is 10.2. The fourth-order valence-electron chi connectivity index (χ4n) is 1.83. The number of nitrogen functional groups attached to an aromatic ring is 1. The maximum atomic E-state index is 11.9. The molecule has 0 spiro atoms. The molecule has 1 amide bonds. The minimum absolute atomic E-state index is 0.0488. The van der Waals surface area contributed by atoms with Crippen LogP contribution in [0.1, 0.15) is 11.1 Å². The van der Waals surface area contributed by atoms with Crippen LogP contribution in [0.4, 0.5) is 11.4 Å². The number of aryl methyl sites for hydroxylation is 1. The Morgan fingerprint density at radius 1 is 1.26 bits per heavy atom. The summed E-state index contributed by atoms with van der Waals surface area (Å²) in [5, 5.41) is 2.84. The van der Waals surface area contributed by atoms with Crippen LogP contribution in [-0.4, -0.2) is 5.91 Å². The maximum absolute atomic E-state index is 11.9. The molecule has 0 aliphatic rings. The first kappa shape index (κ1) is 13.6. The standard InChI is InChI=1S/C15H15BrN2O/c1-10-3-2-4-11(7-10)8-15(19)18-12-5-6-13(16)14(17)9-12/h2-7,9H,8,17H2,1H3,(H,18,19). The minimum atomic E-state index is -0.0488. The molecule has 3 nitrogen and oxygen atoms in total. The predicted octanol–water partition coefficient (Wildman–Crippen LogP) is 3.52. The number of nitrogens with two attached hydrogens (primary N) is 1. The van der Waals surface area contributed by atoms with Crippen molar-refractivity contribution in [3.63, 3.8) is 0 Å². The second kappa shape index (κ2) is 5.89. The van der Waals surface area contributed by atoms with E-state index in [1.54, 1.807) is 6.07 Å². The van der Waals surface area contributed by atoms with Gasteiger partial charge < -0.3 is 11.1 Å². The first-order valence-corrected chi connectivity index (χ1v) is 6.74. The zero-order valence-electron chi connectivity index (χ0n) is 10.6. The Hall–Kier alpha value is -1.81. The highest BCUT2D eigenvalue weighted by Crippen LogP contribution is 2.23. The summed E-state index contributed by atoms with van der Waals surface area (Å²) >= 11 is 3.32. The molecule has 0 atom stereocenters. The van der Waals surface area contributed by atoms with E-state index in [1.807, 2.05) is 43.3 Å². The summed E-state index contributed by atoms with van der Waals surface area (Å²) in [5.41, 5.74) is 9.24. The smallest absolute Gasteiger partial charge is 0.228 e. The summed E-state index contributed by atoms with van der Waals surface area (Å²) in [6, 6.07) is 13.3. The SMILES string of the molecule is Cc1cccc(CC(=O)Nc2ccc(Br)c(N)c2)c1. The van der Waals surface area contributed by atoms with Crippen molar-refractivity contribution in [2.75, 3.05) is 11.1 Å². The third-order valence-electron chi connectivity index (χ3n) is 2.73. The molecule has 0 fully saturated rings. The molecule has 19 heavy (non-hydrogen) atoms. The molecule has 0 aliphatic heterocycles. The first-order chi connectivity index (χ1) is 9.04. The van der Waals surface area contributed by atoms with E-state index in [0.29, 0.717) is 17.8 Å². The Balaban J connectivity index is 2.03. The molecule has 3 N–H and O–H groups in total. The molecule has 0 saturated carbocycles. The van der Waals surface area contributed by atoms with Crippen LogP contribution in [0.25, 0.3) is 0 Å². The van der Waals surface area contributed by atoms with Crippen molar-refractivity contribution >= 4 is 33.2 Å². The minimum Gasteiger partial charge on any atom is -0.398 e. The average Bonchev–Trinajstić information content (AvgIpc) is 2.34. The summed E-state index contributed by atoms with van der Waals surface area (Å²) in [5.74, 6) is -0.0488. The summed E-state index contributed by atoms with van der Waals surface area (Å²) in [6.07, 6.45) is 0.359. The van der Waals surface area contributed by atoms with Gasteiger partial charge in [-0.25, -0.2) is 0 Å². The number of nitrogens with one attached hydrogen (secondary N) is 1. The van der Waals surface area contributed by atoms with E-state index in [2.05, 4.69) is 21.2 Å². The molecule has 2 rings (SSSR count). The number of rotatable bonds is 3. The van der Waals surface area contributed by atoms with Gasteiger partial charge in [0.15, 0.2) is 0 Å². The van der Waals surface area contributed by atoms with E-state index < -0.39 is 0 Å². The molecule has 0 saturated heterocycles. The number of benzene rings is 2. The van der Waals surface area contributed by atoms with Gasteiger partial charge in [0.05, 0.1) is 6.42 Å². The van der Waals surface area contributed by atoms with E-state index in [1.165, 1.54) is 0 Å². The van der Waals surface area contributed by atoms with Crippen molar-refractivity contribution in [2.24, 2.45) is 0 Å². The van der Waals surface area contributed by atoms with Gasteiger partial charge in [0.25, 0.3) is 0 Å². The van der Waals surface area contributed by atoms with Gasteiger partial charge in [-0.1, -0.05) is 29.8 Å². The predicted molar refractivity (Wildman–Crippen MR) is 82.1 cm³/mol. The highest BCUT2D eigenvalue weighted by molar-refractivity contribution is 9.10. The van der Waals surface area contributed by atoms with Crippen LogP contribution in [0.15, 0.2) is 46.9 Å². The largest absolute Gasteiger partial charge is 0.398 e. The molecule has 0 heterocycles. The van der Waals surface area contributed by atoms with Gasteiger partial charge in [-0.05, 0) is 46.6 Å². The average molecular weight is 319 g/mol. The molecule has 4 heteroatoms. The molecule has 2 aromatic rings. The van der Waals surface area contributed by atoms with Crippen LogP contribution < -0.4 is 11.1 Å². The molecule has 0 bridgehead atoms. The Morgan fingerprint density at radius 2 is 2.05 bits per heavy atom. The Kier molecular flexibility index (Phi) is 4.22. The zero-order valence-corrected chi connectivity index (χ0v) is 12.2. The van der Waals surface area contributed by atoms with E-state index in [4.69, 9.17) is 5.73 Å². The van der Waals surface area contributed by atoms with Crippen LogP contribution in [0.2, 0.25) is 0 Å². The molecule has 0 aromatic heterocycles. The highest BCUT2D eigenvalue weighted by atomic mass is 79.9. The monoisotopic (exact) mass is 318 g/mol. The number of hydrogen-bond donors (Lipinski definition) is 2. The molecular weight excluding hydrogens is 304 g/mol. The van der Waals surface area contributed by atoms with E-state index >= 15 is 0 Å². The summed E-state index contributed by atoms with van der Waals surface area (Å²) < 4.78 is 0.823. The lowest BCUT2D eigenvalue weighted by molar-refractivity contribution is -0.115. The fraction of sp³-hybridized carbons (Fsp3) is 0.133. The molecule has 0 unspecified atom stereocenters. The lowest BCUT2D eigenvalue weighted by Crippen LogP contribution is -2.14. The van der Waals surface area contributed by atoms with Gasteiger partial charge >= 0.3 is 0 Å². The quantitative estimate of drug-likeness (QED) is 0.851. The van der Waals surface area contributed by atoms with Gasteiger partial charge in [-0.15, -0.1) is 0 Å². The van der Waals surface area contributed by atoms with Crippen molar-refractivity contribution in [3.8, 4) is 0 Å². The second-order valence-electron chi connectivity index (χ2n) is 4.45. The molecular formula is C15H15BrN2O. The number of anilines is 2. The van der Waals surface area contributed by atoms with Crippen LogP contribution >= 0.6 is 15.9 Å². The Bertz CT molecular complexity index is 611. The number of carbonyl (C=O) groups is 1. The number of carbonyl (C=O) groups excluding carboxylic acids is 1. The van der Waals surface area contributed by atoms with Crippen LogP contribution in [-0.2, 0) is 11.2 Å². The number of amides is 1. The fourth-order valence-corrected chi connectivity index (χ4v) is 2.08. The lowest BCUT2D eigenvalue weighted by atomic mass is 10.1. The summed E-state index contributed by atoms with van der Waals surface area (Å²) in [6.45, 7) is 2.01. The molecule has 0 aliphatic carbocycles. The molecule has 2 aromatic carbocycles. The van der Waals surface area contributed by atoms with Gasteiger partial charge in [0.2, 0.25) is 5.91 Å². The van der Waals surface area contributed by atoms with Crippen molar-refractivity contribution in [3.05, 3.63) is 58.1 Å². The van der Waals surface area contributed by atoms with Gasteiger partial charge in [-0.2, -0.15) is 0 Å². The second-order valence-corrected chi connectivity index (χ2v) is 5.30. The van der Waals surface area contributed by atoms with E-state index in [9.17, 15) is 4.79 Å². The van der Waals surface area contributed by atoms with Crippen LogP contribution in [0, 0.1) is 6.92 Å². The molecule has 98 valence electrons. The Morgan fingerprint density at radius 3 is 2.74 bits per heavy atom. The number of hydrogen-bond acceptors (Lipinski definition) is 2. The van der Waals surface area contributed by atoms with Gasteiger partial charge in [0.1, 0.15) is 0 Å². The van der Waals surface area contributed by atoms with Crippen LogP contribution in [0.3, 0.4) is 0 Å². The Labute approximate surface area is 121 Å². The van der Waals surface area contributed by atoms with E-state index in [0.717, 1.165) is 15.6 Å². The topological polar surface area (TPSA) is 55.1 Å². The highest BCUT2D eigenvalue weighted by Gasteiger charge is 2.05. The van der Waals surface area contributed by atoms with Crippen LogP contribution in [0.5, 0.6) is 0 Å². The van der Waals surface area contributed by atoms with Crippen molar-refractivity contribution in [2.45, 2.75) is 13.3 Å². The van der Waals surface area contributed by atoms with Gasteiger partial charge in [-0.3, -0.25) is 4.79 Å². The lowest BCUT2D eigenvalue weighted by Gasteiger charge is -2.07. The summed E-state index contributed by atoms with van der Waals surface area (Å²) in [4.78, 5) is 11.9. The summed E-state index contributed by atoms with van der Waals surface area (Å²) in [7, 11) is 0.